The normalized spacial score (nSPS) is 11.1. The van der Waals surface area contributed by atoms with Gasteiger partial charge in [0, 0.05) is 17.5 Å². The van der Waals surface area contributed by atoms with Gasteiger partial charge in [0.2, 0.25) is 0 Å². The Balaban J connectivity index is 2.34. The zero-order chi connectivity index (χ0) is 11.4. The van der Waals surface area contributed by atoms with Crippen LogP contribution < -0.4 is 0 Å². The van der Waals surface area contributed by atoms with Gasteiger partial charge in [-0.15, -0.1) is 0 Å². The molecule has 0 spiro atoms. The lowest BCUT2D eigenvalue weighted by Crippen LogP contribution is -1.80. The van der Waals surface area contributed by atoms with Gasteiger partial charge in [0.05, 0.1) is 5.02 Å². The van der Waals surface area contributed by atoms with E-state index in [0.717, 1.165) is 28.3 Å². The summed E-state index contributed by atoms with van der Waals surface area (Å²) in [5, 5.41) is 0.778. The van der Waals surface area contributed by atoms with Gasteiger partial charge >= 0.3 is 0 Å². The van der Waals surface area contributed by atoms with Crippen molar-refractivity contribution < 1.29 is 0 Å². The molecule has 0 atom stereocenters. The molecular formula is C14H14ClN. The minimum Gasteiger partial charge on any atom is -0.361 e. The number of nitrogens with one attached hydrogen (secondary N) is 1. The molecule has 1 heterocycles. The monoisotopic (exact) mass is 231 g/mol. The Labute approximate surface area is 101 Å². The molecule has 0 aliphatic carbocycles. The van der Waals surface area contributed by atoms with Gasteiger partial charge in [-0.05, 0) is 30.2 Å². The number of halogens is 1. The molecule has 0 bridgehead atoms. The second-order valence-corrected chi connectivity index (χ2v) is 4.04. The number of H-pyrrole nitrogens is 1. The second kappa shape index (κ2) is 5.04. The van der Waals surface area contributed by atoms with Crippen molar-refractivity contribution in [2.45, 2.75) is 13.3 Å². The minimum atomic E-state index is 0.778. The molecule has 1 N–H and O–H groups in total. The summed E-state index contributed by atoms with van der Waals surface area (Å²) < 4.78 is 0. The van der Waals surface area contributed by atoms with Crippen molar-refractivity contribution in [3.8, 4) is 11.3 Å². The van der Waals surface area contributed by atoms with Crippen LogP contribution in [0.15, 0.2) is 42.6 Å². The summed E-state index contributed by atoms with van der Waals surface area (Å²) in [5.41, 5.74) is 3.23. The molecule has 0 unspecified atom stereocenters. The van der Waals surface area contributed by atoms with Crippen LogP contribution in [0, 0.1) is 0 Å². The number of aromatic amines is 1. The molecule has 16 heavy (non-hydrogen) atoms. The molecule has 2 rings (SSSR count). The number of rotatable bonds is 3. The van der Waals surface area contributed by atoms with E-state index in [1.54, 1.807) is 0 Å². The Hall–Kier alpha value is -1.47. The van der Waals surface area contributed by atoms with Gasteiger partial charge in [0.1, 0.15) is 0 Å². The highest BCUT2D eigenvalue weighted by Gasteiger charge is 2.03. The smallest absolute Gasteiger partial charge is 0.0505 e. The van der Waals surface area contributed by atoms with Crippen molar-refractivity contribution in [1.29, 1.82) is 0 Å². The lowest BCUT2D eigenvalue weighted by Gasteiger charge is -2.03. The summed E-state index contributed by atoms with van der Waals surface area (Å²) in [6.45, 7) is 2.12. The first-order valence-corrected chi connectivity index (χ1v) is 5.79. The number of hydrogen-bond donors (Lipinski definition) is 1. The van der Waals surface area contributed by atoms with Crippen LogP contribution in [0.25, 0.3) is 17.3 Å². The van der Waals surface area contributed by atoms with Gasteiger partial charge in [-0.1, -0.05) is 42.8 Å². The fourth-order valence-electron chi connectivity index (χ4n) is 1.61. The standard InChI is InChI=1S/C14H14ClN/c1-2-3-5-11-7-8-12(13(15)10-11)14-6-4-9-16-14/h3-10,16H,2H2,1H3/b5-3-. The lowest BCUT2D eigenvalue weighted by atomic mass is 10.1. The first-order chi connectivity index (χ1) is 7.81. The van der Waals surface area contributed by atoms with E-state index in [-0.39, 0.29) is 0 Å². The van der Waals surface area contributed by atoms with Crippen LogP contribution in [0.3, 0.4) is 0 Å². The number of hydrogen-bond acceptors (Lipinski definition) is 0. The number of benzene rings is 1. The van der Waals surface area contributed by atoms with Gasteiger partial charge in [0.25, 0.3) is 0 Å². The van der Waals surface area contributed by atoms with Crippen LogP contribution in [-0.4, -0.2) is 4.98 Å². The second-order valence-electron chi connectivity index (χ2n) is 3.63. The Kier molecular flexibility index (Phi) is 3.47. The average Bonchev–Trinajstić information content (AvgIpc) is 2.80. The molecule has 0 saturated carbocycles. The SMILES string of the molecule is CC/C=C\c1ccc(-c2ccc[nH]2)c(Cl)c1. The number of allylic oxidation sites excluding steroid dienone is 1. The Morgan fingerprint density at radius 1 is 1.31 bits per heavy atom. The van der Waals surface area contributed by atoms with Crippen molar-refractivity contribution >= 4 is 17.7 Å². The highest BCUT2D eigenvalue weighted by atomic mass is 35.5. The summed E-state index contributed by atoms with van der Waals surface area (Å²) in [5.74, 6) is 0. The summed E-state index contributed by atoms with van der Waals surface area (Å²) >= 11 is 6.25. The summed E-state index contributed by atoms with van der Waals surface area (Å²) in [7, 11) is 0. The Morgan fingerprint density at radius 2 is 2.19 bits per heavy atom. The molecular weight excluding hydrogens is 218 g/mol. The molecule has 2 heteroatoms. The van der Waals surface area contributed by atoms with Gasteiger partial charge in [0.15, 0.2) is 0 Å². The van der Waals surface area contributed by atoms with Crippen molar-refractivity contribution in [2.24, 2.45) is 0 Å². The molecule has 1 aromatic carbocycles. The van der Waals surface area contributed by atoms with Gasteiger partial charge in [-0.3, -0.25) is 0 Å². The number of aromatic nitrogens is 1. The molecule has 0 amide bonds. The lowest BCUT2D eigenvalue weighted by molar-refractivity contribution is 1.23. The minimum absolute atomic E-state index is 0.778. The zero-order valence-corrected chi connectivity index (χ0v) is 9.96. The Morgan fingerprint density at radius 3 is 2.81 bits per heavy atom. The maximum atomic E-state index is 6.25. The van der Waals surface area contributed by atoms with E-state index in [1.807, 2.05) is 30.5 Å². The topological polar surface area (TPSA) is 15.8 Å². The molecule has 0 aliphatic heterocycles. The fourth-order valence-corrected chi connectivity index (χ4v) is 1.90. The highest BCUT2D eigenvalue weighted by molar-refractivity contribution is 6.33. The highest BCUT2D eigenvalue weighted by Crippen LogP contribution is 2.27. The molecule has 0 aliphatic rings. The van der Waals surface area contributed by atoms with Crippen LogP contribution in [0.1, 0.15) is 18.9 Å². The maximum Gasteiger partial charge on any atom is 0.0505 e. The van der Waals surface area contributed by atoms with E-state index < -0.39 is 0 Å². The quantitative estimate of drug-likeness (QED) is 0.784. The third-order valence-electron chi connectivity index (χ3n) is 2.43. The van der Waals surface area contributed by atoms with Crippen molar-refractivity contribution in [3.05, 3.63) is 53.2 Å². The molecule has 1 aromatic heterocycles. The molecule has 0 fully saturated rings. The van der Waals surface area contributed by atoms with Crippen LogP contribution in [0.4, 0.5) is 0 Å². The van der Waals surface area contributed by atoms with Gasteiger partial charge in [-0.2, -0.15) is 0 Å². The maximum absolute atomic E-state index is 6.25. The van der Waals surface area contributed by atoms with Crippen LogP contribution in [-0.2, 0) is 0 Å². The third kappa shape index (κ3) is 2.37. The largest absolute Gasteiger partial charge is 0.361 e. The van der Waals surface area contributed by atoms with E-state index in [4.69, 9.17) is 11.6 Å². The van der Waals surface area contributed by atoms with Crippen LogP contribution in [0.5, 0.6) is 0 Å². The van der Waals surface area contributed by atoms with E-state index >= 15 is 0 Å². The summed E-state index contributed by atoms with van der Waals surface area (Å²) in [6.07, 6.45) is 7.15. The molecule has 2 aromatic rings. The van der Waals surface area contributed by atoms with Gasteiger partial charge < -0.3 is 4.98 Å². The molecule has 82 valence electrons. The molecule has 0 saturated heterocycles. The molecule has 1 nitrogen and oxygen atoms in total. The first-order valence-electron chi connectivity index (χ1n) is 5.41. The van der Waals surface area contributed by atoms with E-state index in [0.29, 0.717) is 0 Å². The first kappa shape index (κ1) is 11.0. The van der Waals surface area contributed by atoms with Crippen molar-refractivity contribution in [2.75, 3.05) is 0 Å². The average molecular weight is 232 g/mol. The fraction of sp³-hybridized carbons (Fsp3) is 0.143. The van der Waals surface area contributed by atoms with Crippen LogP contribution in [0.2, 0.25) is 5.02 Å². The van der Waals surface area contributed by atoms with E-state index in [9.17, 15) is 0 Å². The van der Waals surface area contributed by atoms with E-state index in [2.05, 4.69) is 30.1 Å². The van der Waals surface area contributed by atoms with Gasteiger partial charge in [-0.25, -0.2) is 0 Å². The summed E-state index contributed by atoms with van der Waals surface area (Å²) in [4.78, 5) is 3.15. The predicted octanol–water partition coefficient (Wildman–Crippen LogP) is 4.76. The zero-order valence-electron chi connectivity index (χ0n) is 9.20. The van der Waals surface area contributed by atoms with Crippen LogP contribution >= 0.6 is 11.6 Å². The third-order valence-corrected chi connectivity index (χ3v) is 2.74. The van der Waals surface area contributed by atoms with E-state index in [1.165, 1.54) is 0 Å². The van der Waals surface area contributed by atoms with Crippen molar-refractivity contribution in [1.82, 2.24) is 4.98 Å². The predicted molar refractivity (Wildman–Crippen MR) is 70.6 cm³/mol. The molecule has 0 radical (unpaired) electrons. The van der Waals surface area contributed by atoms with Crippen molar-refractivity contribution in [3.63, 3.8) is 0 Å². The summed E-state index contributed by atoms with van der Waals surface area (Å²) in [6, 6.07) is 10.1. The Bertz CT molecular complexity index is 483.